The van der Waals surface area contributed by atoms with Gasteiger partial charge in [-0.15, -0.1) is 0 Å². The Hall–Kier alpha value is -2.07. The molecule has 1 aliphatic heterocycles. The van der Waals surface area contributed by atoms with Gasteiger partial charge in [-0.1, -0.05) is 30.3 Å². The molecular formula is C18H21NO3. The van der Waals surface area contributed by atoms with Gasteiger partial charge >= 0.3 is 0 Å². The quantitative estimate of drug-likeness (QED) is 0.823. The second-order valence-corrected chi connectivity index (χ2v) is 5.58. The summed E-state index contributed by atoms with van der Waals surface area (Å²) in [5, 5.41) is 0. The third-order valence-electron chi connectivity index (χ3n) is 3.96. The van der Waals surface area contributed by atoms with E-state index in [1.807, 2.05) is 35.2 Å². The van der Waals surface area contributed by atoms with Crippen LogP contribution in [0.25, 0.3) is 0 Å². The number of hydrogen-bond acceptors (Lipinski definition) is 3. The lowest BCUT2D eigenvalue weighted by Crippen LogP contribution is -2.39. The highest BCUT2D eigenvalue weighted by molar-refractivity contribution is 5.81. The summed E-state index contributed by atoms with van der Waals surface area (Å²) in [7, 11) is 0. The number of benzene rings is 1. The Morgan fingerprint density at radius 3 is 2.73 bits per heavy atom. The van der Waals surface area contributed by atoms with E-state index in [1.165, 1.54) is 5.56 Å². The van der Waals surface area contributed by atoms with Crippen molar-refractivity contribution in [3.63, 3.8) is 0 Å². The number of nitrogens with zero attached hydrogens (tertiary/aromatic N) is 1. The number of ether oxygens (including phenoxy) is 1. The van der Waals surface area contributed by atoms with E-state index < -0.39 is 0 Å². The van der Waals surface area contributed by atoms with Gasteiger partial charge in [0.1, 0.15) is 11.9 Å². The first-order valence-electron chi connectivity index (χ1n) is 7.79. The van der Waals surface area contributed by atoms with Gasteiger partial charge in [0.05, 0.1) is 12.8 Å². The molecule has 1 fully saturated rings. The van der Waals surface area contributed by atoms with Crippen LogP contribution in [0.15, 0.2) is 53.1 Å². The van der Waals surface area contributed by atoms with Crippen molar-refractivity contribution in [1.29, 1.82) is 0 Å². The highest BCUT2D eigenvalue weighted by Gasteiger charge is 2.28. The summed E-state index contributed by atoms with van der Waals surface area (Å²) in [4.78, 5) is 14.5. The van der Waals surface area contributed by atoms with E-state index in [1.54, 1.807) is 6.26 Å². The maximum atomic E-state index is 12.7. The van der Waals surface area contributed by atoms with Crippen LogP contribution in [0.2, 0.25) is 0 Å². The van der Waals surface area contributed by atoms with E-state index in [4.69, 9.17) is 9.15 Å². The lowest BCUT2D eigenvalue weighted by atomic mass is 10.1. The van der Waals surface area contributed by atoms with Crippen molar-refractivity contribution in [3.8, 4) is 0 Å². The fraction of sp³-hybridized carbons (Fsp3) is 0.389. The van der Waals surface area contributed by atoms with Gasteiger partial charge in [0.25, 0.3) is 5.91 Å². The predicted molar refractivity (Wildman–Crippen MR) is 83.2 cm³/mol. The SMILES string of the molecule is O=C([C@@H]1CCCO1)N(CCc1ccccc1)Cc1ccco1. The first kappa shape index (κ1) is 14.9. The molecule has 0 bridgehead atoms. The second-order valence-electron chi connectivity index (χ2n) is 5.58. The Morgan fingerprint density at radius 2 is 2.05 bits per heavy atom. The average Bonchev–Trinajstić information content (AvgIpc) is 3.25. The molecule has 0 unspecified atom stereocenters. The Bertz CT molecular complexity index is 574. The normalized spacial score (nSPS) is 17.5. The van der Waals surface area contributed by atoms with Gasteiger partial charge in [0.2, 0.25) is 0 Å². The highest BCUT2D eigenvalue weighted by atomic mass is 16.5. The van der Waals surface area contributed by atoms with E-state index in [0.717, 1.165) is 25.0 Å². The van der Waals surface area contributed by atoms with Crippen molar-refractivity contribution in [1.82, 2.24) is 4.90 Å². The van der Waals surface area contributed by atoms with E-state index >= 15 is 0 Å². The van der Waals surface area contributed by atoms with Crippen LogP contribution in [0.3, 0.4) is 0 Å². The Balaban J connectivity index is 1.66. The molecule has 1 saturated heterocycles. The van der Waals surface area contributed by atoms with E-state index in [-0.39, 0.29) is 12.0 Å². The van der Waals surface area contributed by atoms with Crippen molar-refractivity contribution in [2.75, 3.05) is 13.2 Å². The molecule has 1 aromatic heterocycles. The molecule has 1 aromatic carbocycles. The summed E-state index contributed by atoms with van der Waals surface area (Å²) < 4.78 is 10.9. The third kappa shape index (κ3) is 3.77. The number of rotatable bonds is 6. The number of carbonyl (C=O) groups is 1. The molecule has 2 heterocycles. The monoisotopic (exact) mass is 299 g/mol. The average molecular weight is 299 g/mol. The van der Waals surface area contributed by atoms with Gasteiger partial charge < -0.3 is 14.1 Å². The molecule has 1 amide bonds. The molecule has 3 rings (SSSR count). The summed E-state index contributed by atoms with van der Waals surface area (Å²) in [6, 6.07) is 14.0. The van der Waals surface area contributed by atoms with E-state index in [9.17, 15) is 4.79 Å². The van der Waals surface area contributed by atoms with Crippen molar-refractivity contribution in [2.24, 2.45) is 0 Å². The lowest BCUT2D eigenvalue weighted by Gasteiger charge is -2.24. The standard InChI is InChI=1S/C18H21NO3/c20-18(17-9-5-13-22-17)19(14-16-8-4-12-21-16)11-10-15-6-2-1-3-7-15/h1-4,6-8,12,17H,5,9-11,13-14H2/t17-/m0/s1. The van der Waals surface area contributed by atoms with Crippen LogP contribution >= 0.6 is 0 Å². The van der Waals surface area contributed by atoms with Crippen molar-refractivity contribution < 1.29 is 13.9 Å². The zero-order valence-electron chi connectivity index (χ0n) is 12.6. The minimum Gasteiger partial charge on any atom is -0.467 e. The molecular weight excluding hydrogens is 278 g/mol. The number of carbonyl (C=O) groups excluding carboxylic acids is 1. The second kappa shape index (κ2) is 7.27. The van der Waals surface area contributed by atoms with Gasteiger partial charge in [-0.3, -0.25) is 4.79 Å². The first-order chi connectivity index (χ1) is 10.8. The van der Waals surface area contributed by atoms with Crippen LogP contribution in [0.4, 0.5) is 0 Å². The van der Waals surface area contributed by atoms with E-state index in [0.29, 0.717) is 19.7 Å². The van der Waals surface area contributed by atoms with Crippen LogP contribution < -0.4 is 0 Å². The van der Waals surface area contributed by atoms with Crippen molar-refractivity contribution in [2.45, 2.75) is 31.9 Å². The maximum absolute atomic E-state index is 12.7. The predicted octanol–water partition coefficient (Wildman–Crippen LogP) is 3.03. The minimum absolute atomic E-state index is 0.0739. The molecule has 22 heavy (non-hydrogen) atoms. The molecule has 4 heteroatoms. The van der Waals surface area contributed by atoms with E-state index in [2.05, 4.69) is 12.1 Å². The van der Waals surface area contributed by atoms with Crippen molar-refractivity contribution >= 4 is 5.91 Å². The molecule has 116 valence electrons. The molecule has 2 aromatic rings. The van der Waals surface area contributed by atoms with Crippen LogP contribution in [-0.4, -0.2) is 30.1 Å². The lowest BCUT2D eigenvalue weighted by molar-refractivity contribution is -0.141. The van der Waals surface area contributed by atoms with Gasteiger partial charge in [0.15, 0.2) is 0 Å². The van der Waals surface area contributed by atoms with Gasteiger partial charge in [-0.05, 0) is 37.0 Å². The molecule has 0 aliphatic carbocycles. The summed E-state index contributed by atoms with van der Waals surface area (Å²) in [6.07, 6.45) is 3.97. The van der Waals surface area contributed by atoms with Gasteiger partial charge in [-0.2, -0.15) is 0 Å². The first-order valence-corrected chi connectivity index (χ1v) is 7.79. The maximum Gasteiger partial charge on any atom is 0.252 e. The molecule has 1 aliphatic rings. The molecule has 4 nitrogen and oxygen atoms in total. The minimum atomic E-state index is -0.286. The smallest absolute Gasteiger partial charge is 0.252 e. The Kier molecular flexibility index (Phi) is 4.91. The Labute approximate surface area is 130 Å². The largest absolute Gasteiger partial charge is 0.467 e. The number of hydrogen-bond donors (Lipinski definition) is 0. The summed E-state index contributed by atoms with van der Waals surface area (Å²) >= 11 is 0. The summed E-state index contributed by atoms with van der Waals surface area (Å²) in [5.74, 6) is 0.879. The Morgan fingerprint density at radius 1 is 1.18 bits per heavy atom. The van der Waals surface area contributed by atoms with Gasteiger partial charge in [0, 0.05) is 13.2 Å². The van der Waals surface area contributed by atoms with Crippen LogP contribution in [-0.2, 0) is 22.5 Å². The molecule has 1 atom stereocenters. The van der Waals surface area contributed by atoms with Crippen LogP contribution in [0.5, 0.6) is 0 Å². The molecule has 0 radical (unpaired) electrons. The van der Waals surface area contributed by atoms with Gasteiger partial charge in [-0.25, -0.2) is 0 Å². The number of furan rings is 1. The fourth-order valence-corrected chi connectivity index (χ4v) is 2.74. The fourth-order valence-electron chi connectivity index (χ4n) is 2.74. The molecule has 0 N–H and O–H groups in total. The zero-order valence-corrected chi connectivity index (χ0v) is 12.6. The van der Waals surface area contributed by atoms with Crippen molar-refractivity contribution in [3.05, 3.63) is 60.1 Å². The molecule has 0 saturated carbocycles. The summed E-state index contributed by atoms with van der Waals surface area (Å²) in [5.41, 5.74) is 1.23. The third-order valence-corrected chi connectivity index (χ3v) is 3.96. The molecule has 0 spiro atoms. The zero-order chi connectivity index (χ0) is 15.2. The summed E-state index contributed by atoms with van der Waals surface area (Å²) in [6.45, 7) is 1.85. The highest BCUT2D eigenvalue weighted by Crippen LogP contribution is 2.17. The number of amides is 1. The van der Waals surface area contributed by atoms with Crippen LogP contribution in [0.1, 0.15) is 24.2 Å². The topological polar surface area (TPSA) is 42.7 Å². The van der Waals surface area contributed by atoms with Crippen LogP contribution in [0, 0.1) is 0 Å².